The summed E-state index contributed by atoms with van der Waals surface area (Å²) in [6.45, 7) is 3.75. The standard InChI is InChI=1S/C22H26N2O5/c1-14(2)23-22(26)16-8-6-7-9-17(16)24-19(25)13-11-15-10-12-18(27-3)21(29-5)20(15)28-4/h6-14H,1-5H3,(H,23,26)(H,24,25). The van der Waals surface area contributed by atoms with Crippen LogP contribution in [0.1, 0.15) is 29.8 Å². The number of ether oxygens (including phenoxy) is 3. The fourth-order valence-electron chi connectivity index (χ4n) is 2.73. The lowest BCUT2D eigenvalue weighted by atomic mass is 10.1. The highest BCUT2D eigenvalue weighted by molar-refractivity contribution is 6.07. The summed E-state index contributed by atoms with van der Waals surface area (Å²) in [5.41, 5.74) is 1.47. The van der Waals surface area contributed by atoms with Crippen LogP contribution in [0.4, 0.5) is 5.69 Å². The van der Waals surface area contributed by atoms with E-state index in [-0.39, 0.29) is 17.9 Å². The van der Waals surface area contributed by atoms with Crippen LogP contribution in [-0.4, -0.2) is 39.2 Å². The highest BCUT2D eigenvalue weighted by Crippen LogP contribution is 2.40. The van der Waals surface area contributed by atoms with E-state index in [1.807, 2.05) is 13.8 Å². The van der Waals surface area contributed by atoms with Crippen LogP contribution >= 0.6 is 0 Å². The Morgan fingerprint density at radius 3 is 2.24 bits per heavy atom. The number of anilines is 1. The average Bonchev–Trinajstić information content (AvgIpc) is 2.71. The zero-order chi connectivity index (χ0) is 21.4. The van der Waals surface area contributed by atoms with Gasteiger partial charge in [0, 0.05) is 17.7 Å². The summed E-state index contributed by atoms with van der Waals surface area (Å²) < 4.78 is 16.0. The first-order chi connectivity index (χ1) is 13.9. The van der Waals surface area contributed by atoms with Gasteiger partial charge in [-0.1, -0.05) is 12.1 Å². The number of rotatable bonds is 8. The minimum atomic E-state index is -0.383. The van der Waals surface area contributed by atoms with Crippen molar-refractivity contribution in [3.63, 3.8) is 0 Å². The van der Waals surface area contributed by atoms with Crippen molar-refractivity contribution in [2.75, 3.05) is 26.6 Å². The summed E-state index contributed by atoms with van der Waals surface area (Å²) >= 11 is 0. The van der Waals surface area contributed by atoms with Gasteiger partial charge < -0.3 is 24.8 Å². The van der Waals surface area contributed by atoms with Crippen molar-refractivity contribution in [2.45, 2.75) is 19.9 Å². The van der Waals surface area contributed by atoms with Gasteiger partial charge in [0.1, 0.15) is 0 Å². The molecule has 0 aliphatic carbocycles. The van der Waals surface area contributed by atoms with Gasteiger partial charge in [-0.2, -0.15) is 0 Å². The Balaban J connectivity index is 2.23. The fourth-order valence-corrected chi connectivity index (χ4v) is 2.73. The maximum Gasteiger partial charge on any atom is 0.253 e. The topological polar surface area (TPSA) is 85.9 Å². The quantitative estimate of drug-likeness (QED) is 0.665. The van der Waals surface area contributed by atoms with E-state index in [4.69, 9.17) is 14.2 Å². The van der Waals surface area contributed by atoms with E-state index >= 15 is 0 Å². The van der Waals surface area contributed by atoms with Gasteiger partial charge >= 0.3 is 0 Å². The summed E-state index contributed by atoms with van der Waals surface area (Å²) in [7, 11) is 4.56. The lowest BCUT2D eigenvalue weighted by Gasteiger charge is -2.14. The number of carbonyl (C=O) groups excluding carboxylic acids is 2. The molecule has 2 aromatic carbocycles. The lowest BCUT2D eigenvalue weighted by Crippen LogP contribution is -2.30. The van der Waals surface area contributed by atoms with Crippen LogP contribution in [-0.2, 0) is 4.79 Å². The molecule has 7 nitrogen and oxygen atoms in total. The highest BCUT2D eigenvalue weighted by atomic mass is 16.5. The molecule has 0 unspecified atom stereocenters. The van der Waals surface area contributed by atoms with E-state index in [0.717, 1.165) is 0 Å². The molecule has 2 rings (SSSR count). The van der Waals surface area contributed by atoms with Crippen LogP contribution in [0.3, 0.4) is 0 Å². The van der Waals surface area contributed by atoms with Crippen LogP contribution < -0.4 is 24.8 Å². The summed E-state index contributed by atoms with van der Waals surface area (Å²) in [6, 6.07) is 10.3. The maximum absolute atomic E-state index is 12.4. The number of nitrogens with one attached hydrogen (secondary N) is 2. The molecule has 0 saturated heterocycles. The Labute approximate surface area is 170 Å². The van der Waals surface area contributed by atoms with Crippen LogP contribution in [0.2, 0.25) is 0 Å². The third kappa shape index (κ3) is 5.51. The van der Waals surface area contributed by atoms with E-state index in [2.05, 4.69) is 10.6 Å². The van der Waals surface area contributed by atoms with E-state index in [0.29, 0.717) is 34.1 Å². The number of carbonyl (C=O) groups is 2. The molecule has 2 amide bonds. The van der Waals surface area contributed by atoms with E-state index in [1.165, 1.54) is 27.4 Å². The average molecular weight is 398 g/mol. The fraction of sp³-hybridized carbons (Fsp3) is 0.273. The molecule has 0 atom stereocenters. The van der Waals surface area contributed by atoms with Crippen LogP contribution in [0.25, 0.3) is 6.08 Å². The van der Waals surface area contributed by atoms with Crippen molar-refractivity contribution in [1.82, 2.24) is 5.32 Å². The predicted molar refractivity (Wildman–Crippen MR) is 113 cm³/mol. The molecule has 2 N–H and O–H groups in total. The third-order valence-corrected chi connectivity index (χ3v) is 4.00. The molecule has 0 heterocycles. The molecule has 0 aromatic heterocycles. The number of hydrogen-bond donors (Lipinski definition) is 2. The monoisotopic (exact) mass is 398 g/mol. The Hall–Kier alpha value is -3.48. The van der Waals surface area contributed by atoms with Crippen molar-refractivity contribution in [2.24, 2.45) is 0 Å². The zero-order valence-electron chi connectivity index (χ0n) is 17.2. The summed E-state index contributed by atoms with van der Waals surface area (Å²) in [6.07, 6.45) is 2.97. The van der Waals surface area contributed by atoms with Crippen molar-refractivity contribution in [3.8, 4) is 17.2 Å². The Morgan fingerprint density at radius 2 is 1.62 bits per heavy atom. The molecular weight excluding hydrogens is 372 g/mol. The predicted octanol–water partition coefficient (Wildman–Crippen LogP) is 3.50. The number of amides is 2. The lowest BCUT2D eigenvalue weighted by molar-refractivity contribution is -0.111. The second-order valence-corrected chi connectivity index (χ2v) is 6.42. The Kier molecular flexibility index (Phi) is 7.65. The van der Waals surface area contributed by atoms with Crippen LogP contribution in [0.5, 0.6) is 17.2 Å². The van der Waals surface area contributed by atoms with Crippen molar-refractivity contribution >= 4 is 23.6 Å². The molecule has 0 spiro atoms. The molecule has 0 aliphatic heterocycles. The van der Waals surface area contributed by atoms with E-state index < -0.39 is 0 Å². The molecule has 0 aliphatic rings. The number of benzene rings is 2. The number of methoxy groups -OCH3 is 3. The minimum absolute atomic E-state index is 0.0105. The van der Waals surface area contributed by atoms with Crippen molar-refractivity contribution in [1.29, 1.82) is 0 Å². The van der Waals surface area contributed by atoms with Gasteiger partial charge in [-0.3, -0.25) is 9.59 Å². The van der Waals surface area contributed by atoms with Crippen LogP contribution in [0, 0.1) is 0 Å². The molecule has 154 valence electrons. The molecule has 2 aromatic rings. The Bertz CT molecular complexity index is 906. The van der Waals surface area contributed by atoms with Gasteiger partial charge in [0.25, 0.3) is 5.91 Å². The molecule has 0 bridgehead atoms. The first-order valence-corrected chi connectivity index (χ1v) is 9.09. The molecule has 0 saturated carbocycles. The molecule has 7 heteroatoms. The normalized spacial score (nSPS) is 10.7. The minimum Gasteiger partial charge on any atom is -0.493 e. The largest absolute Gasteiger partial charge is 0.493 e. The maximum atomic E-state index is 12.4. The molecule has 29 heavy (non-hydrogen) atoms. The smallest absolute Gasteiger partial charge is 0.253 e. The Morgan fingerprint density at radius 1 is 0.931 bits per heavy atom. The third-order valence-electron chi connectivity index (χ3n) is 4.00. The van der Waals surface area contributed by atoms with Gasteiger partial charge in [-0.15, -0.1) is 0 Å². The first kappa shape index (κ1) is 21.8. The summed E-state index contributed by atoms with van der Waals surface area (Å²) in [5, 5.41) is 5.56. The second-order valence-electron chi connectivity index (χ2n) is 6.42. The van der Waals surface area contributed by atoms with Gasteiger partial charge in [-0.25, -0.2) is 0 Å². The molecule has 0 fully saturated rings. The van der Waals surface area contributed by atoms with E-state index in [1.54, 1.807) is 42.5 Å². The second kappa shape index (κ2) is 10.2. The van der Waals surface area contributed by atoms with Crippen LogP contribution in [0.15, 0.2) is 42.5 Å². The van der Waals surface area contributed by atoms with Crippen molar-refractivity contribution in [3.05, 3.63) is 53.6 Å². The zero-order valence-corrected chi connectivity index (χ0v) is 17.2. The number of hydrogen-bond acceptors (Lipinski definition) is 5. The van der Waals surface area contributed by atoms with E-state index in [9.17, 15) is 9.59 Å². The first-order valence-electron chi connectivity index (χ1n) is 9.09. The molecule has 0 radical (unpaired) electrons. The van der Waals surface area contributed by atoms with Gasteiger partial charge in [0.15, 0.2) is 11.5 Å². The summed E-state index contributed by atoms with van der Waals surface area (Å²) in [5.74, 6) is 0.782. The summed E-state index contributed by atoms with van der Waals surface area (Å²) in [4.78, 5) is 24.8. The van der Waals surface area contributed by atoms with Gasteiger partial charge in [0.05, 0.1) is 32.6 Å². The van der Waals surface area contributed by atoms with Gasteiger partial charge in [0.2, 0.25) is 11.7 Å². The molecular formula is C22H26N2O5. The van der Waals surface area contributed by atoms with Crippen molar-refractivity contribution < 1.29 is 23.8 Å². The van der Waals surface area contributed by atoms with Gasteiger partial charge in [-0.05, 0) is 44.2 Å². The number of para-hydroxylation sites is 1. The highest BCUT2D eigenvalue weighted by Gasteiger charge is 2.15. The SMILES string of the molecule is COc1ccc(C=CC(=O)Nc2ccccc2C(=O)NC(C)C)c(OC)c1OC.